The molecule has 9 heteroatoms. The number of oxazole rings is 1. The maximum absolute atomic E-state index is 12.4. The first-order chi connectivity index (χ1) is 13.0. The molecule has 0 unspecified atom stereocenters. The smallest absolute Gasteiger partial charge is 0.420 e. The predicted molar refractivity (Wildman–Crippen MR) is 98.0 cm³/mol. The van der Waals surface area contributed by atoms with Crippen LogP contribution in [0.25, 0.3) is 11.1 Å². The number of nitro groups is 1. The van der Waals surface area contributed by atoms with Crippen LogP contribution in [0.5, 0.6) is 5.75 Å². The Morgan fingerprint density at radius 2 is 2.07 bits per heavy atom. The fourth-order valence-corrected chi connectivity index (χ4v) is 2.56. The average molecular weight is 371 g/mol. The number of ether oxygens (including phenoxy) is 1. The van der Waals surface area contributed by atoms with Gasteiger partial charge < -0.3 is 14.5 Å². The third-order valence-electron chi connectivity index (χ3n) is 3.79. The molecular formula is C18H17N3O6. The van der Waals surface area contributed by atoms with E-state index in [1.165, 1.54) is 12.1 Å². The molecule has 0 saturated carbocycles. The number of rotatable bonds is 7. The third kappa shape index (κ3) is 3.97. The van der Waals surface area contributed by atoms with Crippen LogP contribution < -0.4 is 15.8 Å². The van der Waals surface area contributed by atoms with Gasteiger partial charge in [0.2, 0.25) is 5.91 Å². The molecular weight excluding hydrogens is 354 g/mol. The maximum Gasteiger partial charge on any atom is 0.420 e. The number of nitrogens with one attached hydrogen (secondary N) is 1. The highest BCUT2D eigenvalue weighted by atomic mass is 16.6. The molecule has 1 heterocycles. The fourth-order valence-electron chi connectivity index (χ4n) is 2.56. The van der Waals surface area contributed by atoms with Crippen molar-refractivity contribution in [3.8, 4) is 5.75 Å². The quantitative estimate of drug-likeness (QED) is 0.504. The average Bonchev–Trinajstić information content (AvgIpc) is 2.95. The summed E-state index contributed by atoms with van der Waals surface area (Å²) in [6.07, 6.45) is 0.824. The van der Waals surface area contributed by atoms with Crippen LogP contribution >= 0.6 is 0 Å². The normalized spacial score (nSPS) is 10.7. The Morgan fingerprint density at radius 1 is 1.30 bits per heavy atom. The number of carbonyl (C=O) groups is 1. The van der Waals surface area contributed by atoms with Crippen LogP contribution in [0.15, 0.2) is 51.7 Å². The third-order valence-corrected chi connectivity index (χ3v) is 3.79. The van der Waals surface area contributed by atoms with E-state index in [4.69, 9.17) is 9.15 Å². The van der Waals surface area contributed by atoms with Crippen LogP contribution in [0.4, 0.5) is 11.4 Å². The molecule has 0 aliphatic rings. The molecule has 9 nitrogen and oxygen atoms in total. The molecule has 0 aliphatic heterocycles. The summed E-state index contributed by atoms with van der Waals surface area (Å²) in [4.78, 5) is 34.7. The standard InChI is InChI=1S/C18H17N3O6/c1-2-9-26-15-6-4-3-5-13(15)19-17(22)11-20-14-8-7-12(21(24)25)10-16(14)27-18(20)23/h3-8,10H,2,9,11H2,1H3,(H,19,22). The number of amides is 1. The van der Waals surface area contributed by atoms with Crippen molar-refractivity contribution in [1.82, 2.24) is 4.57 Å². The van der Waals surface area contributed by atoms with Crippen molar-refractivity contribution in [2.24, 2.45) is 0 Å². The van der Waals surface area contributed by atoms with Gasteiger partial charge in [0.1, 0.15) is 12.3 Å². The number of carbonyl (C=O) groups excluding carboxylic acids is 1. The Balaban J connectivity index is 1.82. The van der Waals surface area contributed by atoms with E-state index in [0.29, 0.717) is 23.6 Å². The van der Waals surface area contributed by atoms with E-state index < -0.39 is 16.6 Å². The molecule has 27 heavy (non-hydrogen) atoms. The molecule has 3 rings (SSSR count). The van der Waals surface area contributed by atoms with Crippen molar-refractivity contribution in [1.29, 1.82) is 0 Å². The molecule has 0 aliphatic carbocycles. The van der Waals surface area contributed by atoms with Gasteiger partial charge in [0, 0.05) is 6.07 Å². The van der Waals surface area contributed by atoms with Crippen molar-refractivity contribution in [3.05, 3.63) is 63.1 Å². The van der Waals surface area contributed by atoms with Gasteiger partial charge in [-0.3, -0.25) is 19.5 Å². The Kier molecular flexibility index (Phi) is 5.20. The number of hydrogen-bond donors (Lipinski definition) is 1. The number of fused-ring (bicyclic) bond motifs is 1. The van der Waals surface area contributed by atoms with Crippen LogP contribution in [0.1, 0.15) is 13.3 Å². The summed E-state index contributed by atoms with van der Waals surface area (Å²) in [5, 5.41) is 13.5. The number of non-ortho nitro benzene ring substituents is 1. The number of benzene rings is 2. The molecule has 0 saturated heterocycles. The highest BCUT2D eigenvalue weighted by Gasteiger charge is 2.17. The Hall–Kier alpha value is -3.62. The first-order valence-corrected chi connectivity index (χ1v) is 8.29. The van der Waals surface area contributed by atoms with Gasteiger partial charge in [-0.05, 0) is 24.6 Å². The minimum atomic E-state index is -0.767. The number of nitrogens with zero attached hydrogens (tertiary/aromatic N) is 2. The Labute approximate surface area is 153 Å². The van der Waals surface area contributed by atoms with Crippen LogP contribution in [0.3, 0.4) is 0 Å². The Bertz CT molecular complexity index is 1050. The van der Waals surface area contributed by atoms with Gasteiger partial charge in [0.05, 0.1) is 28.8 Å². The van der Waals surface area contributed by atoms with Gasteiger partial charge in [0.15, 0.2) is 5.58 Å². The largest absolute Gasteiger partial charge is 0.491 e. The van der Waals surface area contributed by atoms with Crippen LogP contribution in [-0.2, 0) is 11.3 Å². The van der Waals surface area contributed by atoms with E-state index in [1.54, 1.807) is 24.3 Å². The highest BCUT2D eigenvalue weighted by molar-refractivity contribution is 5.93. The molecule has 0 bridgehead atoms. The summed E-state index contributed by atoms with van der Waals surface area (Å²) in [5.41, 5.74) is 0.646. The lowest BCUT2D eigenvalue weighted by Gasteiger charge is -2.12. The lowest BCUT2D eigenvalue weighted by Crippen LogP contribution is -2.25. The lowest BCUT2D eigenvalue weighted by molar-refractivity contribution is -0.384. The number of nitro benzene ring substituents is 1. The van der Waals surface area contributed by atoms with Gasteiger partial charge in [0.25, 0.3) is 5.69 Å². The minimum Gasteiger partial charge on any atom is -0.491 e. The lowest BCUT2D eigenvalue weighted by atomic mass is 10.2. The minimum absolute atomic E-state index is 0.0497. The molecule has 1 N–H and O–H groups in total. The van der Waals surface area contributed by atoms with E-state index in [0.717, 1.165) is 17.1 Å². The second kappa shape index (κ2) is 7.73. The molecule has 1 aromatic heterocycles. The molecule has 3 aromatic rings. The van der Waals surface area contributed by atoms with Crippen LogP contribution in [0, 0.1) is 10.1 Å². The van der Waals surface area contributed by atoms with E-state index in [1.807, 2.05) is 6.92 Å². The topological polar surface area (TPSA) is 117 Å². The van der Waals surface area contributed by atoms with E-state index >= 15 is 0 Å². The van der Waals surface area contributed by atoms with Crippen LogP contribution in [-0.4, -0.2) is 22.0 Å². The maximum atomic E-state index is 12.4. The van der Waals surface area contributed by atoms with E-state index in [2.05, 4.69) is 5.32 Å². The van der Waals surface area contributed by atoms with Gasteiger partial charge >= 0.3 is 5.76 Å². The summed E-state index contributed by atoms with van der Waals surface area (Å²) in [6, 6.07) is 10.8. The van der Waals surface area contributed by atoms with Gasteiger partial charge in [-0.15, -0.1) is 0 Å². The molecule has 0 atom stereocenters. The van der Waals surface area contributed by atoms with Crippen molar-refractivity contribution in [3.63, 3.8) is 0 Å². The number of anilines is 1. The summed E-state index contributed by atoms with van der Waals surface area (Å²) >= 11 is 0. The summed E-state index contributed by atoms with van der Waals surface area (Å²) in [5.74, 6) is -0.686. The van der Waals surface area contributed by atoms with Crippen molar-refractivity contribution < 1.29 is 18.9 Å². The van der Waals surface area contributed by atoms with Crippen molar-refractivity contribution >= 4 is 28.4 Å². The zero-order valence-electron chi connectivity index (χ0n) is 14.5. The molecule has 2 aromatic carbocycles. The zero-order chi connectivity index (χ0) is 19.4. The Morgan fingerprint density at radius 3 is 2.81 bits per heavy atom. The highest BCUT2D eigenvalue weighted by Crippen LogP contribution is 2.24. The van der Waals surface area contributed by atoms with Gasteiger partial charge in [-0.1, -0.05) is 19.1 Å². The molecule has 0 radical (unpaired) electrons. The number of hydrogen-bond acceptors (Lipinski definition) is 6. The molecule has 140 valence electrons. The van der Waals surface area contributed by atoms with Gasteiger partial charge in [-0.25, -0.2) is 4.79 Å². The second-order valence-corrected chi connectivity index (χ2v) is 5.76. The molecule has 0 spiro atoms. The molecule has 1 amide bonds. The monoisotopic (exact) mass is 371 g/mol. The van der Waals surface area contributed by atoms with E-state index in [-0.39, 0.29) is 17.8 Å². The number of aromatic nitrogens is 1. The summed E-state index contributed by atoms with van der Waals surface area (Å²) in [7, 11) is 0. The number of para-hydroxylation sites is 2. The van der Waals surface area contributed by atoms with Gasteiger partial charge in [-0.2, -0.15) is 0 Å². The first kappa shape index (κ1) is 18.2. The fraction of sp³-hybridized carbons (Fsp3) is 0.222. The SMILES string of the molecule is CCCOc1ccccc1NC(=O)Cn1c(=O)oc2cc([N+](=O)[O-])ccc21. The zero-order valence-corrected chi connectivity index (χ0v) is 14.5. The summed E-state index contributed by atoms with van der Waals surface area (Å²) < 4.78 is 11.7. The van der Waals surface area contributed by atoms with Crippen molar-refractivity contribution in [2.75, 3.05) is 11.9 Å². The van der Waals surface area contributed by atoms with Crippen molar-refractivity contribution in [2.45, 2.75) is 19.9 Å². The van der Waals surface area contributed by atoms with E-state index in [9.17, 15) is 19.7 Å². The van der Waals surface area contributed by atoms with Crippen LogP contribution in [0.2, 0.25) is 0 Å². The second-order valence-electron chi connectivity index (χ2n) is 5.76. The molecule has 0 fully saturated rings. The first-order valence-electron chi connectivity index (χ1n) is 8.29. The predicted octanol–water partition coefficient (Wildman–Crippen LogP) is 2.93. The summed E-state index contributed by atoms with van der Waals surface area (Å²) in [6.45, 7) is 2.19.